The lowest BCUT2D eigenvalue weighted by molar-refractivity contribution is 0.206. The lowest BCUT2D eigenvalue weighted by Crippen LogP contribution is -2.36. The number of carbonyl (C=O) groups excluding carboxylic acids is 1. The summed E-state index contributed by atoms with van der Waals surface area (Å²) in [5.74, 6) is 0.743. The van der Waals surface area contributed by atoms with Crippen LogP contribution in [0.4, 0.5) is 10.6 Å². The number of fused-ring (bicyclic) bond motifs is 1. The molecule has 0 saturated carbocycles. The molecule has 30 heavy (non-hydrogen) atoms. The number of benzene rings is 1. The van der Waals surface area contributed by atoms with Crippen LogP contribution in [0.1, 0.15) is 71.1 Å². The molecule has 0 radical (unpaired) electrons. The van der Waals surface area contributed by atoms with E-state index in [1.165, 1.54) is 4.70 Å². The molecular weight excluding hydrogens is 394 g/mol. The SMILES string of the molecule is CC(C)(C)c1cc(NC(=O)N2CCCC2c2nc3ccccc3s2)n(C(C)(C)C)n1. The number of anilines is 1. The van der Waals surface area contributed by atoms with E-state index in [-0.39, 0.29) is 23.0 Å². The van der Waals surface area contributed by atoms with Gasteiger partial charge < -0.3 is 4.90 Å². The smallest absolute Gasteiger partial charge is 0.315 e. The molecule has 0 bridgehead atoms. The third-order valence-electron chi connectivity index (χ3n) is 5.46. The number of nitrogens with zero attached hydrogens (tertiary/aromatic N) is 4. The Kier molecular flexibility index (Phi) is 5.12. The number of thiazole rings is 1. The van der Waals surface area contributed by atoms with Crippen molar-refractivity contribution in [3.8, 4) is 0 Å². The van der Waals surface area contributed by atoms with Gasteiger partial charge in [0, 0.05) is 18.0 Å². The number of carbonyl (C=O) groups is 1. The highest BCUT2D eigenvalue weighted by Crippen LogP contribution is 2.37. The zero-order valence-corrected chi connectivity index (χ0v) is 19.5. The van der Waals surface area contributed by atoms with Crippen LogP contribution in [-0.4, -0.2) is 32.2 Å². The van der Waals surface area contributed by atoms with Crippen molar-refractivity contribution in [2.45, 2.75) is 71.4 Å². The average Bonchev–Trinajstić information content (AvgIpc) is 3.37. The fraction of sp³-hybridized carbons (Fsp3) is 0.522. The first kappa shape index (κ1) is 20.8. The quantitative estimate of drug-likeness (QED) is 0.555. The Balaban J connectivity index is 1.61. The largest absolute Gasteiger partial charge is 0.323 e. The molecule has 1 saturated heterocycles. The van der Waals surface area contributed by atoms with E-state index in [2.05, 4.69) is 52.9 Å². The monoisotopic (exact) mass is 425 g/mol. The van der Waals surface area contributed by atoms with E-state index in [1.807, 2.05) is 33.8 Å². The van der Waals surface area contributed by atoms with Crippen LogP contribution in [0, 0.1) is 0 Å². The molecule has 1 N–H and O–H groups in total. The Morgan fingerprint density at radius 1 is 1.17 bits per heavy atom. The van der Waals surface area contributed by atoms with Crippen LogP contribution in [0.3, 0.4) is 0 Å². The van der Waals surface area contributed by atoms with E-state index in [0.717, 1.165) is 41.4 Å². The van der Waals surface area contributed by atoms with E-state index in [1.54, 1.807) is 11.3 Å². The molecule has 3 heterocycles. The van der Waals surface area contributed by atoms with Gasteiger partial charge in [-0.2, -0.15) is 5.10 Å². The van der Waals surface area contributed by atoms with Gasteiger partial charge in [0.2, 0.25) is 0 Å². The third kappa shape index (κ3) is 3.95. The van der Waals surface area contributed by atoms with E-state index in [4.69, 9.17) is 10.1 Å². The highest BCUT2D eigenvalue weighted by molar-refractivity contribution is 7.18. The lowest BCUT2D eigenvalue weighted by atomic mass is 9.92. The molecule has 3 aromatic rings. The summed E-state index contributed by atoms with van der Waals surface area (Å²) >= 11 is 1.69. The zero-order chi connectivity index (χ0) is 21.7. The van der Waals surface area contributed by atoms with Gasteiger partial charge in [-0.15, -0.1) is 11.3 Å². The molecule has 0 spiro atoms. The van der Waals surface area contributed by atoms with Crippen molar-refractivity contribution in [2.24, 2.45) is 0 Å². The van der Waals surface area contributed by atoms with Crippen LogP contribution >= 0.6 is 11.3 Å². The molecule has 1 aliphatic rings. The topological polar surface area (TPSA) is 63.1 Å². The molecule has 1 aromatic carbocycles. The number of rotatable bonds is 2. The predicted molar refractivity (Wildman–Crippen MR) is 123 cm³/mol. The van der Waals surface area contributed by atoms with Crippen molar-refractivity contribution in [3.05, 3.63) is 41.0 Å². The van der Waals surface area contributed by atoms with Crippen LogP contribution in [0.5, 0.6) is 0 Å². The van der Waals surface area contributed by atoms with Gasteiger partial charge in [-0.3, -0.25) is 5.32 Å². The summed E-state index contributed by atoms with van der Waals surface area (Å²) in [6.07, 6.45) is 1.93. The molecule has 2 amide bonds. The van der Waals surface area contributed by atoms with Crippen LogP contribution < -0.4 is 5.32 Å². The summed E-state index contributed by atoms with van der Waals surface area (Å²) in [6, 6.07) is 10.1. The minimum Gasteiger partial charge on any atom is -0.315 e. The predicted octanol–water partition coefficient (Wildman–Crippen LogP) is 5.91. The second kappa shape index (κ2) is 7.38. The molecule has 160 valence electrons. The standard InChI is InChI=1S/C23H31N5OS/c1-22(2,3)18-14-19(28(26-18)23(4,5)6)25-21(29)27-13-9-11-16(27)20-24-15-10-7-8-12-17(15)30-20/h7-8,10,12,14,16H,9,11,13H2,1-6H3,(H,25,29). The number of urea groups is 1. The minimum absolute atomic E-state index is 0.0236. The second-order valence-electron chi connectivity index (χ2n) is 10.0. The van der Waals surface area contributed by atoms with Crippen LogP contribution in [0.2, 0.25) is 0 Å². The Bertz CT molecular complexity index is 1040. The maximum absolute atomic E-state index is 13.3. The molecule has 7 heteroatoms. The molecule has 4 rings (SSSR count). The first-order chi connectivity index (χ1) is 14.0. The molecule has 2 aromatic heterocycles. The van der Waals surface area contributed by atoms with Gasteiger partial charge in [-0.1, -0.05) is 32.9 Å². The van der Waals surface area contributed by atoms with E-state index in [9.17, 15) is 4.79 Å². The fourth-order valence-electron chi connectivity index (χ4n) is 3.83. The van der Waals surface area contributed by atoms with Crippen molar-refractivity contribution in [1.82, 2.24) is 19.7 Å². The van der Waals surface area contributed by atoms with Gasteiger partial charge in [0.05, 0.1) is 27.5 Å². The lowest BCUT2D eigenvalue weighted by Gasteiger charge is -2.26. The van der Waals surface area contributed by atoms with Gasteiger partial charge in [0.15, 0.2) is 0 Å². The number of nitrogens with one attached hydrogen (secondary N) is 1. The van der Waals surface area contributed by atoms with E-state index in [0.29, 0.717) is 0 Å². The van der Waals surface area contributed by atoms with Gasteiger partial charge in [0.25, 0.3) is 0 Å². The molecule has 1 atom stereocenters. The third-order valence-corrected chi connectivity index (χ3v) is 6.59. The summed E-state index contributed by atoms with van der Waals surface area (Å²) in [7, 11) is 0. The number of para-hydroxylation sites is 1. The first-order valence-corrected chi connectivity index (χ1v) is 11.4. The second-order valence-corrected chi connectivity index (χ2v) is 11.1. The van der Waals surface area contributed by atoms with Gasteiger partial charge in [-0.25, -0.2) is 14.5 Å². The Morgan fingerprint density at radius 3 is 2.57 bits per heavy atom. The zero-order valence-electron chi connectivity index (χ0n) is 18.7. The number of aromatic nitrogens is 3. The summed E-state index contributed by atoms with van der Waals surface area (Å²) < 4.78 is 3.09. The molecule has 6 nitrogen and oxygen atoms in total. The highest BCUT2D eigenvalue weighted by Gasteiger charge is 2.34. The summed E-state index contributed by atoms with van der Waals surface area (Å²) in [6.45, 7) is 13.4. The Hall–Kier alpha value is -2.41. The van der Waals surface area contributed by atoms with Crippen molar-refractivity contribution < 1.29 is 4.79 Å². The van der Waals surface area contributed by atoms with Gasteiger partial charge >= 0.3 is 6.03 Å². The molecule has 1 unspecified atom stereocenters. The molecular formula is C23H31N5OS. The molecule has 0 aliphatic carbocycles. The van der Waals surface area contributed by atoms with Crippen LogP contribution in [-0.2, 0) is 11.0 Å². The number of hydrogen-bond donors (Lipinski definition) is 1. The van der Waals surface area contributed by atoms with E-state index >= 15 is 0 Å². The number of amides is 2. The van der Waals surface area contributed by atoms with Crippen molar-refractivity contribution >= 4 is 33.4 Å². The normalized spacial score (nSPS) is 17.7. The average molecular weight is 426 g/mol. The number of likely N-dealkylation sites (tertiary alicyclic amines) is 1. The Labute approximate surface area is 182 Å². The summed E-state index contributed by atoms with van der Waals surface area (Å²) in [4.78, 5) is 20.0. The van der Waals surface area contributed by atoms with Gasteiger partial charge in [-0.05, 0) is 45.7 Å². The number of hydrogen-bond acceptors (Lipinski definition) is 4. The summed E-state index contributed by atoms with van der Waals surface area (Å²) in [5, 5.41) is 8.98. The van der Waals surface area contributed by atoms with Crippen molar-refractivity contribution in [1.29, 1.82) is 0 Å². The fourth-order valence-corrected chi connectivity index (χ4v) is 4.94. The molecule has 1 fully saturated rings. The summed E-state index contributed by atoms with van der Waals surface area (Å²) in [5.41, 5.74) is 1.65. The van der Waals surface area contributed by atoms with Crippen molar-refractivity contribution in [3.63, 3.8) is 0 Å². The Morgan fingerprint density at radius 2 is 1.90 bits per heavy atom. The van der Waals surface area contributed by atoms with Gasteiger partial charge in [0.1, 0.15) is 10.8 Å². The highest BCUT2D eigenvalue weighted by atomic mass is 32.1. The van der Waals surface area contributed by atoms with Crippen molar-refractivity contribution in [2.75, 3.05) is 11.9 Å². The maximum atomic E-state index is 13.3. The maximum Gasteiger partial charge on any atom is 0.323 e. The van der Waals surface area contributed by atoms with Crippen LogP contribution in [0.25, 0.3) is 10.2 Å². The van der Waals surface area contributed by atoms with Crippen LogP contribution in [0.15, 0.2) is 30.3 Å². The first-order valence-electron chi connectivity index (χ1n) is 10.6. The molecule has 1 aliphatic heterocycles. The minimum atomic E-state index is -0.233. The van der Waals surface area contributed by atoms with E-state index < -0.39 is 0 Å².